The smallest absolute Gasteiger partial charge is 0.0760 e. The lowest BCUT2D eigenvalue weighted by Crippen LogP contribution is -2.59. The Bertz CT molecular complexity index is 465. The zero-order valence-corrected chi connectivity index (χ0v) is 14.7. The van der Waals surface area contributed by atoms with Crippen molar-refractivity contribution in [2.75, 3.05) is 6.61 Å². The van der Waals surface area contributed by atoms with Crippen molar-refractivity contribution in [2.24, 2.45) is 34.5 Å². The summed E-state index contributed by atoms with van der Waals surface area (Å²) in [6.45, 7) is 6.35. The fourth-order valence-corrected chi connectivity index (χ4v) is 8.38. The quantitative estimate of drug-likeness (QED) is 0.567. The van der Waals surface area contributed by atoms with Gasteiger partial charge in [0, 0.05) is 6.42 Å². The molecule has 5 aliphatic rings. The topological polar surface area (TPSA) is 9.23 Å². The first-order valence-electron chi connectivity index (χ1n) is 10.2. The Balaban J connectivity index is 1.47. The molecule has 1 aliphatic heterocycles. The molecule has 1 heterocycles. The summed E-state index contributed by atoms with van der Waals surface area (Å²) < 4.78 is 6.26. The van der Waals surface area contributed by atoms with Gasteiger partial charge in [-0.25, -0.2) is 0 Å². The Morgan fingerprint density at radius 3 is 2.36 bits per heavy atom. The Hall–Kier alpha value is -0.0400. The van der Waals surface area contributed by atoms with Crippen molar-refractivity contribution in [3.63, 3.8) is 0 Å². The van der Waals surface area contributed by atoms with E-state index in [1.807, 2.05) is 0 Å². The maximum atomic E-state index is 6.26. The molecule has 4 aliphatic carbocycles. The molecule has 124 valence electrons. The Morgan fingerprint density at radius 1 is 0.773 bits per heavy atom. The fraction of sp³-hybridized carbons (Fsp3) is 1.00. The average Bonchev–Trinajstić information content (AvgIpc) is 2.79. The van der Waals surface area contributed by atoms with Crippen molar-refractivity contribution in [1.82, 2.24) is 0 Å². The summed E-state index contributed by atoms with van der Waals surface area (Å²) in [5.74, 6) is 4.11. The molecule has 5 fully saturated rings. The van der Waals surface area contributed by atoms with E-state index in [9.17, 15) is 0 Å². The third kappa shape index (κ3) is 1.55. The van der Waals surface area contributed by atoms with E-state index in [0.29, 0.717) is 16.4 Å². The highest BCUT2D eigenvalue weighted by Crippen LogP contribution is 2.70. The lowest BCUT2D eigenvalue weighted by Gasteiger charge is -2.63. The first-order chi connectivity index (χ1) is 10.6. The van der Waals surface area contributed by atoms with Gasteiger partial charge in [-0.05, 0) is 85.9 Å². The molecular formula is C21H34O. The van der Waals surface area contributed by atoms with Crippen LogP contribution in [0, 0.1) is 34.5 Å². The van der Waals surface area contributed by atoms with Crippen LogP contribution in [0.25, 0.3) is 0 Å². The minimum Gasteiger partial charge on any atom is -0.374 e. The number of hydrogen-bond donors (Lipinski definition) is 0. The van der Waals surface area contributed by atoms with Crippen molar-refractivity contribution in [1.29, 1.82) is 0 Å². The molecule has 0 aromatic rings. The van der Waals surface area contributed by atoms with Gasteiger partial charge in [0.15, 0.2) is 0 Å². The Morgan fingerprint density at radius 2 is 1.59 bits per heavy atom. The largest absolute Gasteiger partial charge is 0.374 e. The third-order valence-electron chi connectivity index (χ3n) is 9.76. The molecule has 0 N–H and O–H groups in total. The molecule has 1 nitrogen and oxygen atoms in total. The molecule has 0 amide bonds. The van der Waals surface area contributed by atoms with Crippen LogP contribution in [0.15, 0.2) is 0 Å². The first kappa shape index (κ1) is 14.3. The van der Waals surface area contributed by atoms with Gasteiger partial charge >= 0.3 is 0 Å². The van der Waals surface area contributed by atoms with Crippen LogP contribution in [-0.2, 0) is 4.74 Å². The summed E-state index contributed by atoms with van der Waals surface area (Å²) in [5.41, 5.74) is 1.52. The van der Waals surface area contributed by atoms with Crippen molar-refractivity contribution < 1.29 is 4.74 Å². The predicted molar refractivity (Wildman–Crippen MR) is 89.6 cm³/mol. The summed E-state index contributed by atoms with van der Waals surface area (Å²) in [4.78, 5) is 0. The van der Waals surface area contributed by atoms with E-state index in [-0.39, 0.29) is 0 Å². The highest BCUT2D eigenvalue weighted by atomic mass is 16.5. The van der Waals surface area contributed by atoms with E-state index in [1.165, 1.54) is 64.2 Å². The van der Waals surface area contributed by atoms with Gasteiger partial charge in [-0.3, -0.25) is 0 Å². The van der Waals surface area contributed by atoms with Crippen LogP contribution in [0.4, 0.5) is 0 Å². The van der Waals surface area contributed by atoms with E-state index < -0.39 is 0 Å². The maximum Gasteiger partial charge on any atom is 0.0760 e. The number of ether oxygens (including phenoxy) is 1. The second-order valence-corrected chi connectivity index (χ2v) is 9.99. The summed E-state index contributed by atoms with van der Waals surface area (Å²) in [5, 5.41) is 0. The standard InChI is InChI=1S/C21H34O/c1-19-10-4-3-5-15(19)6-7-16-17(19)8-11-20(2)18(16)9-12-21(20)13-14-22-21/h15-18H,3-14H2,1-2H3/t15-,16-,17-,18+,19+,20+,21-/m1/s1. The highest BCUT2D eigenvalue weighted by molar-refractivity contribution is 5.16. The van der Waals surface area contributed by atoms with Crippen LogP contribution >= 0.6 is 0 Å². The molecule has 0 radical (unpaired) electrons. The van der Waals surface area contributed by atoms with Crippen molar-refractivity contribution in [3.05, 3.63) is 0 Å². The van der Waals surface area contributed by atoms with Gasteiger partial charge in [-0.2, -0.15) is 0 Å². The van der Waals surface area contributed by atoms with E-state index in [4.69, 9.17) is 4.74 Å². The van der Waals surface area contributed by atoms with E-state index in [2.05, 4.69) is 13.8 Å². The Kier molecular flexibility index (Phi) is 2.94. The van der Waals surface area contributed by atoms with Crippen LogP contribution in [0.1, 0.15) is 84.5 Å². The van der Waals surface area contributed by atoms with Gasteiger partial charge in [0.05, 0.1) is 12.2 Å². The van der Waals surface area contributed by atoms with Crippen LogP contribution in [0.5, 0.6) is 0 Å². The van der Waals surface area contributed by atoms with E-state index in [1.54, 1.807) is 6.42 Å². The minimum absolute atomic E-state index is 0.312. The second-order valence-electron chi connectivity index (χ2n) is 9.99. The van der Waals surface area contributed by atoms with Gasteiger partial charge in [-0.15, -0.1) is 0 Å². The summed E-state index contributed by atoms with van der Waals surface area (Å²) >= 11 is 0. The Labute approximate surface area is 136 Å². The van der Waals surface area contributed by atoms with Gasteiger partial charge in [0.1, 0.15) is 0 Å². The lowest BCUT2D eigenvalue weighted by molar-refractivity contribution is -0.231. The molecule has 4 saturated carbocycles. The molecule has 0 unspecified atom stereocenters. The number of hydrogen-bond acceptors (Lipinski definition) is 1. The van der Waals surface area contributed by atoms with Gasteiger partial charge < -0.3 is 4.74 Å². The molecule has 5 rings (SSSR count). The number of rotatable bonds is 0. The third-order valence-corrected chi connectivity index (χ3v) is 9.76. The summed E-state index contributed by atoms with van der Waals surface area (Å²) in [6.07, 6.45) is 16.3. The molecule has 1 saturated heterocycles. The normalized spacial score (nSPS) is 60.3. The van der Waals surface area contributed by atoms with Crippen LogP contribution < -0.4 is 0 Å². The molecule has 7 atom stereocenters. The summed E-state index contributed by atoms with van der Waals surface area (Å²) in [6, 6.07) is 0. The van der Waals surface area contributed by atoms with E-state index >= 15 is 0 Å². The fourth-order valence-electron chi connectivity index (χ4n) is 8.38. The SMILES string of the molecule is C[C@]12CCCC[C@@H]1CC[C@@H]1[C@H]2CC[C@@]2(C)[C@H]1CC[C@@]21CCO1. The zero-order valence-electron chi connectivity index (χ0n) is 14.7. The lowest BCUT2D eigenvalue weighted by atomic mass is 9.44. The van der Waals surface area contributed by atoms with Crippen LogP contribution in [-0.4, -0.2) is 12.2 Å². The van der Waals surface area contributed by atoms with Crippen LogP contribution in [0.3, 0.4) is 0 Å². The van der Waals surface area contributed by atoms with Crippen LogP contribution in [0.2, 0.25) is 0 Å². The van der Waals surface area contributed by atoms with Crippen molar-refractivity contribution >= 4 is 0 Å². The van der Waals surface area contributed by atoms with Gasteiger partial charge in [0.25, 0.3) is 0 Å². The molecule has 0 bridgehead atoms. The average molecular weight is 303 g/mol. The predicted octanol–water partition coefficient (Wildman–Crippen LogP) is 5.58. The molecule has 1 spiro atoms. The second kappa shape index (κ2) is 4.52. The zero-order chi connectivity index (χ0) is 15.0. The van der Waals surface area contributed by atoms with Gasteiger partial charge in [0.2, 0.25) is 0 Å². The maximum absolute atomic E-state index is 6.26. The first-order valence-corrected chi connectivity index (χ1v) is 10.2. The van der Waals surface area contributed by atoms with E-state index in [0.717, 1.165) is 30.3 Å². The summed E-state index contributed by atoms with van der Waals surface area (Å²) in [7, 11) is 0. The minimum atomic E-state index is 0.312. The van der Waals surface area contributed by atoms with Gasteiger partial charge in [-0.1, -0.05) is 26.7 Å². The molecular weight excluding hydrogens is 268 g/mol. The molecule has 0 aromatic heterocycles. The number of fused-ring (bicyclic) bond motifs is 6. The van der Waals surface area contributed by atoms with Crippen molar-refractivity contribution in [2.45, 2.75) is 90.1 Å². The molecule has 22 heavy (non-hydrogen) atoms. The molecule has 1 heteroatoms. The highest BCUT2D eigenvalue weighted by Gasteiger charge is 2.66. The van der Waals surface area contributed by atoms with Crippen molar-refractivity contribution in [3.8, 4) is 0 Å². The molecule has 0 aromatic carbocycles. The monoisotopic (exact) mass is 302 g/mol.